The van der Waals surface area contributed by atoms with Crippen LogP contribution in [0.5, 0.6) is 0 Å². The molecule has 0 aliphatic heterocycles. The van der Waals surface area contributed by atoms with Gasteiger partial charge in [-0.05, 0) is 5.92 Å². The first-order chi connectivity index (χ1) is 4.57. The number of hydrogen-bond acceptors (Lipinski definition) is 3. The number of rotatable bonds is 4. The van der Waals surface area contributed by atoms with Gasteiger partial charge in [-0.1, -0.05) is 24.9 Å². The summed E-state index contributed by atoms with van der Waals surface area (Å²) in [5.74, 6) is 0.344. The Morgan fingerprint density at radius 1 is 1.55 bits per heavy atom. The van der Waals surface area contributed by atoms with Gasteiger partial charge < -0.3 is 9.29 Å². The average molecular weight is 188 g/mol. The van der Waals surface area contributed by atoms with Crippen molar-refractivity contribution in [1.29, 1.82) is 0 Å². The zero-order valence-corrected chi connectivity index (χ0v) is 10.3. The van der Waals surface area contributed by atoms with Crippen LogP contribution in [0.15, 0.2) is 0 Å². The van der Waals surface area contributed by atoms with Gasteiger partial charge in [-0.25, -0.2) is 0 Å². The molecule has 2 atom stereocenters. The topological polar surface area (TPSA) is 49.4 Å². The van der Waals surface area contributed by atoms with Crippen LogP contribution < -0.4 is 29.6 Å². The summed E-state index contributed by atoms with van der Waals surface area (Å²) in [7, 11) is 1.53. The zero-order chi connectivity index (χ0) is 8.15. The van der Waals surface area contributed by atoms with E-state index in [1.807, 2.05) is 13.8 Å². The molecule has 0 N–H and O–H groups in total. The molecule has 0 saturated carbocycles. The molecule has 0 aromatic heterocycles. The van der Waals surface area contributed by atoms with Crippen molar-refractivity contribution in [3.8, 4) is 0 Å². The molecule has 2 unspecified atom stereocenters. The summed E-state index contributed by atoms with van der Waals surface area (Å²) in [5, 5.41) is 0. The van der Waals surface area contributed by atoms with Crippen LogP contribution in [0.25, 0.3) is 0 Å². The molecule has 0 heterocycles. The quantitative estimate of drug-likeness (QED) is 0.363. The van der Waals surface area contributed by atoms with Gasteiger partial charge in [-0.3, -0.25) is 4.21 Å². The Balaban J connectivity index is 0. The predicted octanol–water partition coefficient (Wildman–Crippen LogP) is -2.46. The SMILES string of the molecule is COC(CS(=O)[O-])C(C)C.[Na+]. The van der Waals surface area contributed by atoms with Crippen LogP contribution in [-0.2, 0) is 15.8 Å². The Kier molecular flexibility index (Phi) is 10.2. The molecule has 5 heteroatoms. The molecule has 0 fully saturated rings. The third kappa shape index (κ3) is 7.43. The number of hydrogen-bond donors (Lipinski definition) is 0. The van der Waals surface area contributed by atoms with E-state index in [1.165, 1.54) is 7.11 Å². The summed E-state index contributed by atoms with van der Waals surface area (Å²) < 4.78 is 25.3. The van der Waals surface area contributed by atoms with Gasteiger partial charge in [0.25, 0.3) is 0 Å². The standard InChI is InChI=1S/C6H14O3S.Na/c1-5(2)6(9-3)4-10(7)8;/h5-6H,4H2,1-3H3,(H,7,8);/q;+1/p-1. The Labute approximate surface area is 92.5 Å². The molecule has 0 saturated heterocycles. The Bertz CT molecular complexity index is 118. The average Bonchev–Trinajstić information content (AvgIpc) is 1.81. The van der Waals surface area contributed by atoms with E-state index in [0.29, 0.717) is 0 Å². The van der Waals surface area contributed by atoms with Crippen LogP contribution in [0.4, 0.5) is 0 Å². The van der Waals surface area contributed by atoms with Crippen molar-refractivity contribution in [2.24, 2.45) is 5.92 Å². The Morgan fingerprint density at radius 2 is 2.00 bits per heavy atom. The van der Waals surface area contributed by atoms with Crippen LogP contribution in [0.1, 0.15) is 13.8 Å². The monoisotopic (exact) mass is 188 g/mol. The van der Waals surface area contributed by atoms with E-state index in [4.69, 9.17) is 4.74 Å². The molecule has 0 amide bonds. The van der Waals surface area contributed by atoms with E-state index in [1.54, 1.807) is 0 Å². The molecule has 0 aliphatic carbocycles. The fraction of sp³-hybridized carbons (Fsp3) is 1.00. The van der Waals surface area contributed by atoms with Crippen molar-refractivity contribution in [2.75, 3.05) is 12.9 Å². The van der Waals surface area contributed by atoms with Gasteiger partial charge in [0.15, 0.2) is 0 Å². The van der Waals surface area contributed by atoms with Crippen LogP contribution in [0, 0.1) is 5.92 Å². The van der Waals surface area contributed by atoms with Crippen molar-refractivity contribution in [1.82, 2.24) is 0 Å². The third-order valence-corrected chi connectivity index (χ3v) is 1.95. The largest absolute Gasteiger partial charge is 1.00 e. The summed E-state index contributed by atoms with van der Waals surface area (Å²) in [6.07, 6.45) is -0.168. The van der Waals surface area contributed by atoms with Gasteiger partial charge in [0.2, 0.25) is 0 Å². The van der Waals surface area contributed by atoms with E-state index in [0.717, 1.165) is 0 Å². The molecule has 0 rings (SSSR count). The van der Waals surface area contributed by atoms with Crippen molar-refractivity contribution in [2.45, 2.75) is 20.0 Å². The molecule has 0 bridgehead atoms. The first-order valence-electron chi connectivity index (χ1n) is 3.16. The maximum Gasteiger partial charge on any atom is 1.00 e. The fourth-order valence-electron chi connectivity index (χ4n) is 0.667. The maximum atomic E-state index is 10.2. The van der Waals surface area contributed by atoms with Crippen LogP contribution in [-0.4, -0.2) is 27.7 Å². The van der Waals surface area contributed by atoms with Crippen LogP contribution in [0.3, 0.4) is 0 Å². The van der Waals surface area contributed by atoms with Gasteiger partial charge >= 0.3 is 29.6 Å². The van der Waals surface area contributed by atoms with E-state index in [9.17, 15) is 8.76 Å². The number of ether oxygens (including phenoxy) is 1. The van der Waals surface area contributed by atoms with E-state index < -0.39 is 11.1 Å². The molecule has 62 valence electrons. The van der Waals surface area contributed by atoms with E-state index >= 15 is 0 Å². The molecule has 0 aromatic carbocycles. The second-order valence-corrected chi connectivity index (χ2v) is 3.43. The molecular formula is C6H13NaO3S. The predicted molar refractivity (Wildman–Crippen MR) is 39.4 cm³/mol. The van der Waals surface area contributed by atoms with Gasteiger partial charge in [0.05, 0.1) is 6.10 Å². The summed E-state index contributed by atoms with van der Waals surface area (Å²) in [5.41, 5.74) is 0. The summed E-state index contributed by atoms with van der Waals surface area (Å²) in [4.78, 5) is 0. The minimum Gasteiger partial charge on any atom is -0.772 e. The third-order valence-electron chi connectivity index (χ3n) is 1.35. The Hall–Kier alpha value is 1.07. The molecular weight excluding hydrogens is 175 g/mol. The second-order valence-electron chi connectivity index (χ2n) is 2.49. The molecule has 11 heavy (non-hydrogen) atoms. The molecule has 0 aromatic rings. The summed E-state index contributed by atoms with van der Waals surface area (Å²) in [6.45, 7) is 3.86. The molecule has 0 radical (unpaired) electrons. The van der Waals surface area contributed by atoms with Crippen LogP contribution in [0.2, 0.25) is 0 Å². The first-order valence-corrected chi connectivity index (χ1v) is 4.41. The summed E-state index contributed by atoms with van der Waals surface area (Å²) >= 11 is -1.99. The van der Waals surface area contributed by atoms with Gasteiger partial charge in [-0.2, -0.15) is 0 Å². The van der Waals surface area contributed by atoms with Crippen molar-refractivity contribution >= 4 is 11.1 Å². The van der Waals surface area contributed by atoms with E-state index in [2.05, 4.69) is 0 Å². The van der Waals surface area contributed by atoms with Crippen molar-refractivity contribution in [3.05, 3.63) is 0 Å². The first kappa shape index (κ1) is 14.6. The van der Waals surface area contributed by atoms with E-state index in [-0.39, 0.29) is 47.3 Å². The molecule has 0 aliphatic rings. The fourth-order valence-corrected chi connectivity index (χ4v) is 1.46. The summed E-state index contributed by atoms with van der Waals surface area (Å²) in [6, 6.07) is 0. The minimum atomic E-state index is -1.99. The molecule has 3 nitrogen and oxygen atoms in total. The van der Waals surface area contributed by atoms with Gasteiger partial charge in [-0.15, -0.1) is 0 Å². The van der Waals surface area contributed by atoms with Crippen molar-refractivity contribution < 1.29 is 43.1 Å². The smallest absolute Gasteiger partial charge is 0.772 e. The maximum absolute atomic E-state index is 10.2. The zero-order valence-electron chi connectivity index (χ0n) is 7.49. The van der Waals surface area contributed by atoms with Crippen LogP contribution >= 0.6 is 0 Å². The second kappa shape index (κ2) is 7.71. The van der Waals surface area contributed by atoms with Gasteiger partial charge in [0, 0.05) is 12.9 Å². The van der Waals surface area contributed by atoms with Crippen molar-refractivity contribution in [3.63, 3.8) is 0 Å². The normalized spacial score (nSPS) is 15.7. The minimum absolute atomic E-state index is 0. The van der Waals surface area contributed by atoms with Gasteiger partial charge in [0.1, 0.15) is 0 Å². The molecule has 0 spiro atoms. The number of methoxy groups -OCH3 is 1. The Morgan fingerprint density at radius 3 is 2.09 bits per heavy atom.